The minimum absolute atomic E-state index is 0.102. The summed E-state index contributed by atoms with van der Waals surface area (Å²) < 4.78 is 0. The van der Waals surface area contributed by atoms with E-state index < -0.39 is 5.97 Å². The number of carboxylic acids is 1. The van der Waals surface area contributed by atoms with Gasteiger partial charge in [0.25, 0.3) is 5.91 Å². The monoisotopic (exact) mass is 279 g/mol. The minimum Gasteiger partial charge on any atom is -0.478 e. The van der Waals surface area contributed by atoms with Crippen molar-refractivity contribution >= 4 is 29.7 Å². The number of amides is 1. The summed E-state index contributed by atoms with van der Waals surface area (Å²) in [6, 6.07) is 6.81. The number of thioether (sulfide) groups is 1. The molecule has 0 saturated heterocycles. The van der Waals surface area contributed by atoms with Gasteiger partial charge in [-0.1, -0.05) is 12.1 Å². The molecule has 0 aliphatic rings. The van der Waals surface area contributed by atoms with Crippen LogP contribution in [0.3, 0.4) is 0 Å². The first-order chi connectivity index (χ1) is 9.13. The van der Waals surface area contributed by atoms with Gasteiger partial charge >= 0.3 is 5.97 Å². The van der Waals surface area contributed by atoms with E-state index in [9.17, 15) is 9.59 Å². The molecule has 5 heteroatoms. The molecule has 4 nitrogen and oxygen atoms in total. The van der Waals surface area contributed by atoms with Crippen LogP contribution in [0.2, 0.25) is 0 Å². The maximum absolute atomic E-state index is 11.8. The van der Waals surface area contributed by atoms with Crippen LogP contribution in [0.1, 0.15) is 22.3 Å². The fraction of sp³-hybridized carbons (Fsp3) is 0.286. The second-order valence-corrected chi connectivity index (χ2v) is 4.88. The van der Waals surface area contributed by atoms with Crippen LogP contribution in [0, 0.1) is 0 Å². The third-order valence-corrected chi connectivity index (χ3v) is 3.10. The molecule has 0 fully saturated rings. The fourth-order valence-corrected chi connectivity index (χ4v) is 1.87. The lowest BCUT2D eigenvalue weighted by Gasteiger charge is -2.04. The maximum atomic E-state index is 11.8. The molecule has 0 saturated carbocycles. The smallest absolute Gasteiger partial charge is 0.328 e. The molecule has 0 aromatic heterocycles. The van der Waals surface area contributed by atoms with Crippen molar-refractivity contribution in [1.29, 1.82) is 0 Å². The fourth-order valence-electron chi connectivity index (χ4n) is 1.43. The average Bonchev–Trinajstić information content (AvgIpc) is 2.41. The third-order valence-electron chi connectivity index (χ3n) is 2.40. The molecule has 0 aliphatic carbocycles. The van der Waals surface area contributed by atoms with Gasteiger partial charge in [-0.15, -0.1) is 0 Å². The molecule has 0 radical (unpaired) electrons. The molecule has 0 aliphatic heterocycles. The molecule has 102 valence electrons. The summed E-state index contributed by atoms with van der Waals surface area (Å²) in [5.74, 6) is -0.0652. The molecule has 1 aromatic carbocycles. The zero-order valence-electron chi connectivity index (χ0n) is 10.8. The van der Waals surface area contributed by atoms with Crippen LogP contribution in [0.4, 0.5) is 0 Å². The topological polar surface area (TPSA) is 66.4 Å². The van der Waals surface area contributed by atoms with Crippen molar-refractivity contribution in [3.63, 3.8) is 0 Å². The highest BCUT2D eigenvalue weighted by molar-refractivity contribution is 7.98. The van der Waals surface area contributed by atoms with Crippen molar-refractivity contribution in [3.8, 4) is 0 Å². The first-order valence-corrected chi connectivity index (χ1v) is 7.31. The SMILES string of the molecule is CSCCCNC(=O)c1ccc(C=CC(=O)O)cc1. The normalized spacial score (nSPS) is 10.6. The highest BCUT2D eigenvalue weighted by Crippen LogP contribution is 2.06. The summed E-state index contributed by atoms with van der Waals surface area (Å²) in [5, 5.41) is 11.3. The first-order valence-electron chi connectivity index (χ1n) is 5.91. The van der Waals surface area contributed by atoms with E-state index in [1.165, 1.54) is 6.08 Å². The standard InChI is InChI=1S/C14H17NO3S/c1-19-10-2-9-15-14(18)12-6-3-11(4-7-12)5-8-13(16)17/h3-8H,2,9-10H2,1H3,(H,15,18)(H,16,17). The lowest BCUT2D eigenvalue weighted by atomic mass is 10.1. The largest absolute Gasteiger partial charge is 0.478 e. The van der Waals surface area contributed by atoms with Gasteiger partial charge in [0.05, 0.1) is 0 Å². The van der Waals surface area contributed by atoms with Gasteiger partial charge in [0, 0.05) is 18.2 Å². The molecule has 0 spiro atoms. The van der Waals surface area contributed by atoms with Crippen molar-refractivity contribution in [3.05, 3.63) is 41.5 Å². The Labute approximate surface area is 116 Å². The number of carbonyl (C=O) groups is 2. The number of carboxylic acid groups (broad SMARTS) is 1. The molecule has 0 bridgehead atoms. The Kier molecular flexibility index (Phi) is 6.74. The van der Waals surface area contributed by atoms with E-state index in [0.29, 0.717) is 12.1 Å². The summed E-state index contributed by atoms with van der Waals surface area (Å²) in [6.45, 7) is 0.667. The Bertz CT molecular complexity index is 454. The summed E-state index contributed by atoms with van der Waals surface area (Å²) in [7, 11) is 0. The van der Waals surface area contributed by atoms with E-state index in [-0.39, 0.29) is 5.91 Å². The first kappa shape index (κ1) is 15.3. The van der Waals surface area contributed by atoms with Gasteiger partial charge in [0.1, 0.15) is 0 Å². The zero-order chi connectivity index (χ0) is 14.1. The predicted octanol–water partition coefficient (Wildman–Crippen LogP) is 2.27. The molecular weight excluding hydrogens is 262 g/mol. The van der Waals surface area contributed by atoms with Crippen LogP contribution in [-0.4, -0.2) is 35.5 Å². The van der Waals surface area contributed by atoms with Crippen molar-refractivity contribution < 1.29 is 14.7 Å². The van der Waals surface area contributed by atoms with E-state index in [4.69, 9.17) is 5.11 Å². The van der Waals surface area contributed by atoms with E-state index in [1.54, 1.807) is 36.0 Å². The lowest BCUT2D eigenvalue weighted by Crippen LogP contribution is -2.24. The Balaban J connectivity index is 2.51. The summed E-state index contributed by atoms with van der Waals surface area (Å²) in [5.41, 5.74) is 1.33. The molecule has 0 atom stereocenters. The van der Waals surface area contributed by atoms with Crippen LogP contribution in [-0.2, 0) is 4.79 Å². The highest BCUT2D eigenvalue weighted by Gasteiger charge is 2.03. The number of hydrogen-bond acceptors (Lipinski definition) is 3. The van der Waals surface area contributed by atoms with E-state index in [2.05, 4.69) is 5.32 Å². The van der Waals surface area contributed by atoms with Crippen LogP contribution in [0.5, 0.6) is 0 Å². The molecule has 1 aromatic rings. The zero-order valence-corrected chi connectivity index (χ0v) is 11.6. The molecular formula is C14H17NO3S. The second-order valence-electron chi connectivity index (χ2n) is 3.90. The van der Waals surface area contributed by atoms with Gasteiger partial charge in [-0.25, -0.2) is 4.79 Å². The second kappa shape index (κ2) is 8.37. The van der Waals surface area contributed by atoms with Gasteiger partial charge in [-0.3, -0.25) is 4.79 Å². The van der Waals surface area contributed by atoms with Crippen LogP contribution in [0.15, 0.2) is 30.3 Å². The van der Waals surface area contributed by atoms with Crippen LogP contribution < -0.4 is 5.32 Å². The molecule has 2 N–H and O–H groups in total. The van der Waals surface area contributed by atoms with E-state index in [0.717, 1.165) is 23.8 Å². The number of aliphatic carboxylic acids is 1. The minimum atomic E-state index is -0.990. The summed E-state index contributed by atoms with van der Waals surface area (Å²) in [4.78, 5) is 22.1. The van der Waals surface area contributed by atoms with E-state index >= 15 is 0 Å². The van der Waals surface area contributed by atoms with E-state index in [1.807, 2.05) is 6.26 Å². The van der Waals surface area contributed by atoms with Gasteiger partial charge in [-0.05, 0) is 42.2 Å². The average molecular weight is 279 g/mol. The molecule has 1 amide bonds. The van der Waals surface area contributed by atoms with Gasteiger partial charge in [0.2, 0.25) is 0 Å². The Morgan fingerprint density at radius 1 is 1.32 bits per heavy atom. The van der Waals surface area contributed by atoms with Crippen LogP contribution in [0.25, 0.3) is 6.08 Å². The molecule has 0 unspecified atom stereocenters. The number of benzene rings is 1. The van der Waals surface area contributed by atoms with Gasteiger partial charge in [0.15, 0.2) is 0 Å². The number of nitrogens with one attached hydrogen (secondary N) is 1. The van der Waals surface area contributed by atoms with Gasteiger partial charge in [-0.2, -0.15) is 11.8 Å². The Morgan fingerprint density at radius 3 is 2.58 bits per heavy atom. The maximum Gasteiger partial charge on any atom is 0.328 e. The Morgan fingerprint density at radius 2 is 2.00 bits per heavy atom. The quantitative estimate of drug-likeness (QED) is 0.593. The third kappa shape index (κ3) is 6.10. The summed E-state index contributed by atoms with van der Waals surface area (Å²) in [6.07, 6.45) is 5.54. The summed E-state index contributed by atoms with van der Waals surface area (Å²) >= 11 is 1.75. The highest BCUT2D eigenvalue weighted by atomic mass is 32.2. The van der Waals surface area contributed by atoms with Crippen molar-refractivity contribution in [1.82, 2.24) is 5.32 Å². The molecule has 19 heavy (non-hydrogen) atoms. The van der Waals surface area contributed by atoms with Crippen LogP contribution >= 0.6 is 11.8 Å². The lowest BCUT2D eigenvalue weighted by molar-refractivity contribution is -0.131. The predicted molar refractivity (Wildman–Crippen MR) is 78.4 cm³/mol. The van der Waals surface area contributed by atoms with Crippen molar-refractivity contribution in [2.45, 2.75) is 6.42 Å². The van der Waals surface area contributed by atoms with Gasteiger partial charge < -0.3 is 10.4 Å². The number of hydrogen-bond donors (Lipinski definition) is 2. The van der Waals surface area contributed by atoms with Crippen molar-refractivity contribution in [2.24, 2.45) is 0 Å². The Hall–Kier alpha value is -1.75. The molecule has 0 heterocycles. The molecule has 1 rings (SSSR count). The number of rotatable bonds is 7. The number of carbonyl (C=O) groups excluding carboxylic acids is 1. The van der Waals surface area contributed by atoms with Crippen molar-refractivity contribution in [2.75, 3.05) is 18.6 Å².